The molecule has 0 aromatic rings. The third kappa shape index (κ3) is 4.53. The van der Waals surface area contributed by atoms with E-state index in [-0.39, 0.29) is 0 Å². The van der Waals surface area contributed by atoms with Crippen LogP contribution in [0.15, 0.2) is 0 Å². The summed E-state index contributed by atoms with van der Waals surface area (Å²) in [7, 11) is 2.25. The summed E-state index contributed by atoms with van der Waals surface area (Å²) < 4.78 is 0. The minimum atomic E-state index is 0.334. The summed E-state index contributed by atoms with van der Waals surface area (Å²) in [5.74, 6) is 1.16. The lowest BCUT2D eigenvalue weighted by Crippen LogP contribution is -2.35. The SMILES string of the molecule is CC(C)CCCN(C)C1CCC(C#N)CC1. The van der Waals surface area contributed by atoms with Gasteiger partial charge in [-0.25, -0.2) is 0 Å². The molecule has 0 aromatic heterocycles. The van der Waals surface area contributed by atoms with Crippen LogP contribution in [0.1, 0.15) is 52.4 Å². The molecule has 0 aliphatic heterocycles. The molecular formula is C14H26N2. The van der Waals surface area contributed by atoms with Crippen molar-refractivity contribution in [3.05, 3.63) is 0 Å². The topological polar surface area (TPSA) is 27.0 Å². The molecule has 1 aliphatic rings. The first kappa shape index (κ1) is 13.5. The molecule has 0 radical (unpaired) electrons. The highest BCUT2D eigenvalue weighted by atomic mass is 15.1. The van der Waals surface area contributed by atoms with E-state index in [0.717, 1.165) is 24.8 Å². The summed E-state index contributed by atoms with van der Waals surface area (Å²) in [6, 6.07) is 3.14. The number of nitriles is 1. The van der Waals surface area contributed by atoms with Crippen molar-refractivity contribution in [2.45, 2.75) is 58.4 Å². The van der Waals surface area contributed by atoms with Crippen LogP contribution in [0.25, 0.3) is 0 Å². The van der Waals surface area contributed by atoms with Gasteiger partial charge in [-0.15, -0.1) is 0 Å². The van der Waals surface area contributed by atoms with Crippen LogP contribution in [0, 0.1) is 23.2 Å². The summed E-state index contributed by atoms with van der Waals surface area (Å²) in [6.07, 6.45) is 7.29. The molecule has 92 valence electrons. The van der Waals surface area contributed by atoms with Crippen LogP contribution in [-0.4, -0.2) is 24.5 Å². The maximum atomic E-state index is 8.85. The Morgan fingerprint density at radius 1 is 1.25 bits per heavy atom. The molecule has 0 heterocycles. The average Bonchev–Trinajstić information content (AvgIpc) is 2.28. The van der Waals surface area contributed by atoms with E-state index >= 15 is 0 Å². The number of nitrogens with zero attached hydrogens (tertiary/aromatic N) is 2. The molecule has 0 spiro atoms. The molecule has 0 atom stereocenters. The molecule has 2 heteroatoms. The molecule has 16 heavy (non-hydrogen) atoms. The van der Waals surface area contributed by atoms with Gasteiger partial charge in [0.05, 0.1) is 6.07 Å². The zero-order valence-corrected chi connectivity index (χ0v) is 11.1. The Labute approximate surface area is 101 Å². The Kier molecular flexibility index (Phi) is 5.84. The molecule has 0 unspecified atom stereocenters. The lowest BCUT2D eigenvalue weighted by atomic mass is 9.86. The van der Waals surface area contributed by atoms with Gasteiger partial charge in [0.15, 0.2) is 0 Å². The van der Waals surface area contributed by atoms with Gasteiger partial charge >= 0.3 is 0 Å². The van der Waals surface area contributed by atoms with Crippen molar-refractivity contribution in [2.75, 3.05) is 13.6 Å². The fourth-order valence-corrected chi connectivity index (χ4v) is 2.58. The molecule has 1 saturated carbocycles. The third-order valence-corrected chi connectivity index (χ3v) is 3.79. The van der Waals surface area contributed by atoms with Crippen molar-refractivity contribution in [3.8, 4) is 6.07 Å². The number of hydrogen-bond acceptors (Lipinski definition) is 2. The van der Waals surface area contributed by atoms with Gasteiger partial charge in [-0.05, 0) is 58.0 Å². The minimum Gasteiger partial charge on any atom is -0.303 e. The van der Waals surface area contributed by atoms with E-state index in [2.05, 4.69) is 31.9 Å². The van der Waals surface area contributed by atoms with Crippen molar-refractivity contribution in [1.82, 2.24) is 4.90 Å². The van der Waals surface area contributed by atoms with Gasteiger partial charge in [0.25, 0.3) is 0 Å². The second kappa shape index (κ2) is 6.91. The highest BCUT2D eigenvalue weighted by Crippen LogP contribution is 2.26. The smallest absolute Gasteiger partial charge is 0.0655 e. The van der Waals surface area contributed by atoms with Gasteiger partial charge in [0.1, 0.15) is 0 Å². The standard InChI is InChI=1S/C14H26N2/c1-12(2)5-4-10-16(3)14-8-6-13(11-15)7-9-14/h12-14H,4-10H2,1-3H3. The van der Waals surface area contributed by atoms with Crippen LogP contribution in [0.2, 0.25) is 0 Å². The van der Waals surface area contributed by atoms with Gasteiger partial charge in [0, 0.05) is 12.0 Å². The summed E-state index contributed by atoms with van der Waals surface area (Å²) in [5, 5.41) is 8.85. The molecule has 0 aromatic carbocycles. The van der Waals surface area contributed by atoms with E-state index in [1.54, 1.807) is 0 Å². The first-order valence-electron chi connectivity index (χ1n) is 6.73. The second-order valence-corrected chi connectivity index (χ2v) is 5.65. The van der Waals surface area contributed by atoms with Crippen molar-refractivity contribution in [2.24, 2.45) is 11.8 Å². The van der Waals surface area contributed by atoms with Crippen LogP contribution in [-0.2, 0) is 0 Å². The lowest BCUT2D eigenvalue weighted by molar-refractivity contribution is 0.174. The monoisotopic (exact) mass is 222 g/mol. The summed E-state index contributed by atoms with van der Waals surface area (Å²) in [6.45, 7) is 5.80. The Bertz CT molecular complexity index is 221. The van der Waals surface area contributed by atoms with E-state index in [1.165, 1.54) is 32.2 Å². The zero-order chi connectivity index (χ0) is 12.0. The van der Waals surface area contributed by atoms with E-state index in [0.29, 0.717) is 5.92 Å². The minimum absolute atomic E-state index is 0.334. The predicted octanol–water partition coefficient (Wildman–Crippen LogP) is 3.44. The van der Waals surface area contributed by atoms with Gasteiger partial charge in [-0.1, -0.05) is 13.8 Å². The predicted molar refractivity (Wildman–Crippen MR) is 68.1 cm³/mol. The van der Waals surface area contributed by atoms with E-state index in [4.69, 9.17) is 5.26 Å². The lowest BCUT2D eigenvalue weighted by Gasteiger charge is -2.32. The molecule has 1 fully saturated rings. The quantitative estimate of drug-likeness (QED) is 0.712. The Morgan fingerprint density at radius 2 is 1.88 bits per heavy atom. The molecule has 0 saturated heterocycles. The van der Waals surface area contributed by atoms with Gasteiger partial charge in [-0.2, -0.15) is 5.26 Å². The van der Waals surface area contributed by atoms with Crippen LogP contribution < -0.4 is 0 Å². The zero-order valence-electron chi connectivity index (χ0n) is 11.1. The molecule has 1 aliphatic carbocycles. The fraction of sp³-hybridized carbons (Fsp3) is 0.929. The molecular weight excluding hydrogens is 196 g/mol. The molecule has 0 N–H and O–H groups in total. The van der Waals surface area contributed by atoms with Crippen LogP contribution in [0.3, 0.4) is 0 Å². The van der Waals surface area contributed by atoms with Gasteiger partial charge in [-0.3, -0.25) is 0 Å². The molecule has 0 bridgehead atoms. The van der Waals surface area contributed by atoms with Crippen LogP contribution in [0.4, 0.5) is 0 Å². The summed E-state index contributed by atoms with van der Waals surface area (Å²) in [4.78, 5) is 2.51. The normalized spacial score (nSPS) is 26.0. The number of hydrogen-bond donors (Lipinski definition) is 0. The molecule has 0 amide bonds. The first-order valence-corrected chi connectivity index (χ1v) is 6.73. The first-order chi connectivity index (χ1) is 7.63. The van der Waals surface area contributed by atoms with E-state index in [9.17, 15) is 0 Å². The Hall–Kier alpha value is -0.550. The van der Waals surface area contributed by atoms with E-state index < -0.39 is 0 Å². The van der Waals surface area contributed by atoms with Crippen molar-refractivity contribution < 1.29 is 0 Å². The highest BCUT2D eigenvalue weighted by molar-refractivity contribution is 4.89. The summed E-state index contributed by atoms with van der Waals surface area (Å²) in [5.41, 5.74) is 0. The van der Waals surface area contributed by atoms with Crippen molar-refractivity contribution >= 4 is 0 Å². The highest BCUT2D eigenvalue weighted by Gasteiger charge is 2.23. The molecule has 2 nitrogen and oxygen atoms in total. The Morgan fingerprint density at radius 3 is 2.38 bits per heavy atom. The number of rotatable bonds is 5. The Balaban J connectivity index is 2.18. The average molecular weight is 222 g/mol. The molecule has 1 rings (SSSR count). The van der Waals surface area contributed by atoms with Gasteiger partial charge in [0.2, 0.25) is 0 Å². The van der Waals surface area contributed by atoms with Crippen LogP contribution in [0.5, 0.6) is 0 Å². The van der Waals surface area contributed by atoms with Crippen LogP contribution >= 0.6 is 0 Å². The maximum absolute atomic E-state index is 8.85. The third-order valence-electron chi connectivity index (χ3n) is 3.79. The van der Waals surface area contributed by atoms with Crippen molar-refractivity contribution in [1.29, 1.82) is 5.26 Å². The fourth-order valence-electron chi connectivity index (χ4n) is 2.58. The second-order valence-electron chi connectivity index (χ2n) is 5.65. The van der Waals surface area contributed by atoms with Gasteiger partial charge < -0.3 is 4.90 Å². The summed E-state index contributed by atoms with van der Waals surface area (Å²) >= 11 is 0. The van der Waals surface area contributed by atoms with Crippen molar-refractivity contribution in [3.63, 3.8) is 0 Å². The van der Waals surface area contributed by atoms with E-state index in [1.807, 2.05) is 0 Å². The maximum Gasteiger partial charge on any atom is 0.0655 e. The largest absolute Gasteiger partial charge is 0.303 e.